The lowest BCUT2D eigenvalue weighted by atomic mass is 10.2. The third-order valence-electron chi connectivity index (χ3n) is 2.29. The molecule has 2 aromatic rings. The van der Waals surface area contributed by atoms with Gasteiger partial charge in [0.25, 0.3) is 0 Å². The summed E-state index contributed by atoms with van der Waals surface area (Å²) in [6, 6.07) is 9.17. The number of para-hydroxylation sites is 1. The second-order valence-electron chi connectivity index (χ2n) is 5.07. The molecule has 0 aliphatic carbocycles. The van der Waals surface area contributed by atoms with E-state index in [1.165, 1.54) is 4.68 Å². The van der Waals surface area contributed by atoms with Crippen LogP contribution in [0.3, 0.4) is 0 Å². The number of carbonyl (C=O) groups excluding carboxylic acids is 1. The molecule has 0 saturated carbocycles. The highest BCUT2D eigenvalue weighted by molar-refractivity contribution is 5.93. The molecule has 6 heteroatoms. The van der Waals surface area contributed by atoms with Crippen molar-refractivity contribution in [2.24, 2.45) is 0 Å². The Kier molecular flexibility index (Phi) is 3.25. The molecule has 0 spiro atoms. The Hall–Kier alpha value is -2.37. The maximum absolute atomic E-state index is 12.1. The monoisotopic (exact) mass is 260 g/mol. The van der Waals surface area contributed by atoms with Gasteiger partial charge in [-0.15, -0.1) is 5.10 Å². The van der Waals surface area contributed by atoms with Crippen molar-refractivity contribution in [3.8, 4) is 5.69 Å². The summed E-state index contributed by atoms with van der Waals surface area (Å²) in [6.45, 7) is 5.37. The molecule has 1 heterocycles. The third kappa shape index (κ3) is 2.90. The average Bonchev–Trinajstić information content (AvgIpc) is 2.70. The van der Waals surface area contributed by atoms with Crippen LogP contribution in [0.1, 0.15) is 31.3 Å². The minimum Gasteiger partial charge on any atom is -0.455 e. The number of benzene rings is 1. The molecule has 0 aliphatic rings. The van der Waals surface area contributed by atoms with Crippen molar-refractivity contribution in [3.05, 3.63) is 36.0 Å². The number of hydrogen-bond acceptors (Lipinski definition) is 5. The summed E-state index contributed by atoms with van der Waals surface area (Å²) in [5, 5.41) is 7.61. The van der Waals surface area contributed by atoms with Gasteiger partial charge in [-0.1, -0.05) is 23.4 Å². The van der Waals surface area contributed by atoms with Gasteiger partial charge >= 0.3 is 5.97 Å². The van der Waals surface area contributed by atoms with Crippen LogP contribution in [-0.4, -0.2) is 26.6 Å². The zero-order valence-corrected chi connectivity index (χ0v) is 11.1. The van der Waals surface area contributed by atoms with Gasteiger partial charge in [0.1, 0.15) is 5.60 Å². The van der Waals surface area contributed by atoms with Gasteiger partial charge in [0, 0.05) is 0 Å². The van der Waals surface area contributed by atoms with Crippen molar-refractivity contribution in [2.45, 2.75) is 26.4 Å². The van der Waals surface area contributed by atoms with E-state index in [0.717, 1.165) is 0 Å². The molecule has 2 N–H and O–H groups in total. The average molecular weight is 260 g/mol. The predicted molar refractivity (Wildman–Crippen MR) is 70.9 cm³/mol. The highest BCUT2D eigenvalue weighted by atomic mass is 16.6. The van der Waals surface area contributed by atoms with E-state index in [-0.39, 0.29) is 11.5 Å². The first kappa shape index (κ1) is 13.1. The second kappa shape index (κ2) is 4.72. The largest absolute Gasteiger partial charge is 0.455 e. The van der Waals surface area contributed by atoms with Crippen LogP contribution in [0, 0.1) is 0 Å². The molecule has 1 aromatic carbocycles. The van der Waals surface area contributed by atoms with Gasteiger partial charge in [0.15, 0.2) is 11.5 Å². The molecule has 2 rings (SSSR count). The number of esters is 1. The Morgan fingerprint density at radius 1 is 1.26 bits per heavy atom. The fourth-order valence-electron chi connectivity index (χ4n) is 1.56. The summed E-state index contributed by atoms with van der Waals surface area (Å²) in [5.41, 5.74) is 5.94. The first-order valence-corrected chi connectivity index (χ1v) is 5.88. The molecular formula is C13H16N4O2. The van der Waals surface area contributed by atoms with Gasteiger partial charge in [-0.25, -0.2) is 9.48 Å². The third-order valence-corrected chi connectivity index (χ3v) is 2.29. The molecule has 1 aromatic heterocycles. The van der Waals surface area contributed by atoms with Crippen molar-refractivity contribution < 1.29 is 9.53 Å². The van der Waals surface area contributed by atoms with Gasteiger partial charge in [-0.05, 0) is 32.9 Å². The molecule has 0 fully saturated rings. The number of anilines is 1. The summed E-state index contributed by atoms with van der Waals surface area (Å²) in [6.07, 6.45) is 0. The highest BCUT2D eigenvalue weighted by Gasteiger charge is 2.25. The Balaban J connectivity index is 2.42. The van der Waals surface area contributed by atoms with E-state index in [1.54, 1.807) is 20.8 Å². The van der Waals surface area contributed by atoms with Crippen LogP contribution in [0.25, 0.3) is 5.69 Å². The number of nitrogens with zero attached hydrogens (tertiary/aromatic N) is 3. The SMILES string of the molecule is CC(C)(C)OC(=O)c1c(N)nnn1-c1ccccc1. The smallest absolute Gasteiger partial charge is 0.361 e. The molecule has 0 saturated heterocycles. The summed E-state index contributed by atoms with van der Waals surface area (Å²) in [4.78, 5) is 12.1. The molecular weight excluding hydrogens is 244 g/mol. The lowest BCUT2D eigenvalue weighted by molar-refractivity contribution is 0.00607. The van der Waals surface area contributed by atoms with E-state index in [1.807, 2.05) is 30.3 Å². The number of carbonyl (C=O) groups is 1. The fourth-order valence-corrected chi connectivity index (χ4v) is 1.56. The highest BCUT2D eigenvalue weighted by Crippen LogP contribution is 2.18. The molecule has 0 unspecified atom stereocenters. The normalized spacial score (nSPS) is 11.3. The number of nitrogens with two attached hydrogens (primary N) is 1. The standard InChI is InChI=1S/C13H16N4O2/c1-13(2,3)19-12(18)10-11(14)15-16-17(10)9-7-5-4-6-8-9/h4-8H,14H2,1-3H3. The molecule has 0 aliphatic heterocycles. The van der Waals surface area contributed by atoms with E-state index < -0.39 is 11.6 Å². The van der Waals surface area contributed by atoms with Crippen LogP contribution in [0.4, 0.5) is 5.82 Å². The Morgan fingerprint density at radius 3 is 2.47 bits per heavy atom. The molecule has 0 bridgehead atoms. The summed E-state index contributed by atoms with van der Waals surface area (Å²) in [7, 11) is 0. The minimum atomic E-state index is -0.602. The fraction of sp³-hybridized carbons (Fsp3) is 0.308. The van der Waals surface area contributed by atoms with E-state index in [4.69, 9.17) is 10.5 Å². The molecule has 100 valence electrons. The quantitative estimate of drug-likeness (QED) is 0.832. The number of nitrogen functional groups attached to an aromatic ring is 1. The summed E-state index contributed by atoms with van der Waals surface area (Å²) < 4.78 is 6.68. The lowest BCUT2D eigenvalue weighted by Crippen LogP contribution is -2.26. The van der Waals surface area contributed by atoms with Crippen molar-refractivity contribution in [1.82, 2.24) is 15.0 Å². The second-order valence-corrected chi connectivity index (χ2v) is 5.07. The topological polar surface area (TPSA) is 83.0 Å². The minimum absolute atomic E-state index is 0.0538. The Bertz CT molecular complexity index is 584. The van der Waals surface area contributed by atoms with E-state index in [2.05, 4.69) is 10.3 Å². The van der Waals surface area contributed by atoms with Crippen LogP contribution >= 0.6 is 0 Å². The summed E-state index contributed by atoms with van der Waals surface area (Å²) >= 11 is 0. The van der Waals surface area contributed by atoms with Crippen LogP contribution < -0.4 is 5.73 Å². The molecule has 0 atom stereocenters. The zero-order valence-electron chi connectivity index (χ0n) is 11.1. The number of hydrogen-bond donors (Lipinski definition) is 1. The summed E-state index contributed by atoms with van der Waals surface area (Å²) in [5.74, 6) is -0.489. The van der Waals surface area contributed by atoms with Gasteiger partial charge in [-0.2, -0.15) is 0 Å². The van der Waals surface area contributed by atoms with Crippen molar-refractivity contribution in [2.75, 3.05) is 5.73 Å². The molecule has 0 amide bonds. The van der Waals surface area contributed by atoms with Crippen LogP contribution in [0.5, 0.6) is 0 Å². The van der Waals surface area contributed by atoms with Gasteiger partial charge < -0.3 is 10.5 Å². The zero-order chi connectivity index (χ0) is 14.0. The van der Waals surface area contributed by atoms with Gasteiger partial charge in [0.2, 0.25) is 0 Å². The Labute approximate surface area is 111 Å². The van der Waals surface area contributed by atoms with Gasteiger partial charge in [0.05, 0.1) is 5.69 Å². The number of ether oxygens (including phenoxy) is 1. The van der Waals surface area contributed by atoms with E-state index in [0.29, 0.717) is 5.69 Å². The van der Waals surface area contributed by atoms with Crippen LogP contribution in [0.15, 0.2) is 30.3 Å². The molecule has 19 heavy (non-hydrogen) atoms. The Morgan fingerprint density at radius 2 is 1.89 bits per heavy atom. The maximum atomic E-state index is 12.1. The van der Waals surface area contributed by atoms with Crippen molar-refractivity contribution >= 4 is 11.8 Å². The van der Waals surface area contributed by atoms with E-state index >= 15 is 0 Å². The first-order chi connectivity index (χ1) is 8.88. The van der Waals surface area contributed by atoms with E-state index in [9.17, 15) is 4.79 Å². The van der Waals surface area contributed by atoms with Gasteiger partial charge in [-0.3, -0.25) is 0 Å². The number of aromatic nitrogens is 3. The molecule has 0 radical (unpaired) electrons. The van der Waals surface area contributed by atoms with Crippen LogP contribution in [-0.2, 0) is 4.74 Å². The van der Waals surface area contributed by atoms with Crippen molar-refractivity contribution in [3.63, 3.8) is 0 Å². The van der Waals surface area contributed by atoms with Crippen molar-refractivity contribution in [1.29, 1.82) is 0 Å². The predicted octanol–water partition coefficient (Wildman–Crippen LogP) is 1.80. The molecule has 6 nitrogen and oxygen atoms in total. The first-order valence-electron chi connectivity index (χ1n) is 5.88. The van der Waals surface area contributed by atoms with Crippen LogP contribution in [0.2, 0.25) is 0 Å². The maximum Gasteiger partial charge on any atom is 0.361 e. The lowest BCUT2D eigenvalue weighted by Gasteiger charge is -2.19. The number of rotatable bonds is 2.